The van der Waals surface area contributed by atoms with E-state index in [1.54, 1.807) is 7.11 Å². The van der Waals surface area contributed by atoms with E-state index >= 15 is 0 Å². The Morgan fingerprint density at radius 3 is 2.21 bits per heavy atom. The van der Waals surface area contributed by atoms with Crippen molar-refractivity contribution in [1.82, 2.24) is 5.01 Å². The quantitative estimate of drug-likeness (QED) is 0.745. The molecule has 0 radical (unpaired) electrons. The number of hydrogen-bond donors (Lipinski definition) is 0. The Morgan fingerprint density at radius 2 is 1.58 bits per heavy atom. The molecule has 4 nitrogen and oxygen atoms in total. The number of ether oxygens (including phenoxy) is 2. The van der Waals surface area contributed by atoms with Gasteiger partial charge in [0.2, 0.25) is 0 Å². The molecule has 0 N–H and O–H groups in total. The highest BCUT2D eigenvalue weighted by molar-refractivity contribution is 5.58. The summed E-state index contributed by atoms with van der Waals surface area (Å²) in [7, 11) is 1.68. The molecule has 0 fully saturated rings. The first-order chi connectivity index (χ1) is 11.8. The molecule has 0 bridgehead atoms. The van der Waals surface area contributed by atoms with Gasteiger partial charge in [0.15, 0.2) is 0 Å². The number of rotatable bonds is 8. The van der Waals surface area contributed by atoms with Gasteiger partial charge in [-0.1, -0.05) is 24.3 Å². The van der Waals surface area contributed by atoms with Crippen LogP contribution in [0.5, 0.6) is 11.5 Å². The highest BCUT2D eigenvalue weighted by Gasteiger charge is 2.05. The van der Waals surface area contributed by atoms with Crippen LogP contribution in [0, 0.1) is 0 Å². The van der Waals surface area contributed by atoms with Crippen LogP contribution in [0.4, 0.5) is 0 Å². The molecule has 24 heavy (non-hydrogen) atoms. The van der Waals surface area contributed by atoms with Crippen LogP contribution in [-0.4, -0.2) is 38.0 Å². The van der Waals surface area contributed by atoms with E-state index in [-0.39, 0.29) is 0 Å². The number of nitrogens with zero attached hydrogens (tertiary/aromatic N) is 2. The molecular formula is C20H24N2O2. The van der Waals surface area contributed by atoms with E-state index in [0.29, 0.717) is 6.61 Å². The van der Waals surface area contributed by atoms with E-state index in [1.807, 2.05) is 18.3 Å². The van der Waals surface area contributed by atoms with E-state index in [0.717, 1.165) is 43.9 Å². The van der Waals surface area contributed by atoms with E-state index in [4.69, 9.17) is 9.47 Å². The van der Waals surface area contributed by atoms with Crippen LogP contribution in [0.3, 0.4) is 0 Å². The van der Waals surface area contributed by atoms with Crippen molar-refractivity contribution in [2.45, 2.75) is 19.3 Å². The number of benzene rings is 2. The summed E-state index contributed by atoms with van der Waals surface area (Å²) >= 11 is 0. The Morgan fingerprint density at radius 1 is 0.917 bits per heavy atom. The van der Waals surface area contributed by atoms with Crippen LogP contribution in [0.2, 0.25) is 0 Å². The first kappa shape index (κ1) is 16.4. The normalized spacial score (nSPS) is 13.3. The topological polar surface area (TPSA) is 34.1 Å². The lowest BCUT2D eigenvalue weighted by molar-refractivity contribution is 0.319. The van der Waals surface area contributed by atoms with E-state index in [9.17, 15) is 0 Å². The van der Waals surface area contributed by atoms with Gasteiger partial charge in [0, 0.05) is 32.1 Å². The largest absolute Gasteiger partial charge is 0.497 e. The standard InChI is InChI=1S/C20H24N2O2/c1-23-19-7-3-18(4-8-19)12-16-24-20-9-5-17(6-10-20)11-15-22-14-2-13-21-22/h3-10,13H,2,11-12,14-16H2,1H3. The smallest absolute Gasteiger partial charge is 0.119 e. The van der Waals surface area contributed by atoms with Gasteiger partial charge in [-0.05, 0) is 41.8 Å². The minimum Gasteiger partial charge on any atom is -0.497 e. The summed E-state index contributed by atoms with van der Waals surface area (Å²) in [5.41, 5.74) is 2.57. The Labute approximate surface area is 143 Å². The molecule has 1 heterocycles. The monoisotopic (exact) mass is 324 g/mol. The summed E-state index contributed by atoms with van der Waals surface area (Å²) in [6.45, 7) is 2.70. The zero-order chi connectivity index (χ0) is 16.6. The van der Waals surface area contributed by atoms with Crippen molar-refractivity contribution in [2.75, 3.05) is 26.8 Å². The summed E-state index contributed by atoms with van der Waals surface area (Å²) in [6, 6.07) is 16.5. The van der Waals surface area contributed by atoms with Gasteiger partial charge in [-0.25, -0.2) is 0 Å². The minimum atomic E-state index is 0.675. The summed E-state index contributed by atoms with van der Waals surface area (Å²) in [5.74, 6) is 1.81. The summed E-state index contributed by atoms with van der Waals surface area (Å²) in [6.07, 6.45) is 4.96. The lowest BCUT2D eigenvalue weighted by Gasteiger charge is -2.13. The Hall–Kier alpha value is -2.49. The van der Waals surface area contributed by atoms with Crippen LogP contribution in [0.15, 0.2) is 53.6 Å². The van der Waals surface area contributed by atoms with Crippen molar-refractivity contribution >= 4 is 6.21 Å². The van der Waals surface area contributed by atoms with Crippen LogP contribution < -0.4 is 9.47 Å². The van der Waals surface area contributed by atoms with Gasteiger partial charge in [-0.3, -0.25) is 5.01 Å². The molecule has 2 aromatic carbocycles. The van der Waals surface area contributed by atoms with Crippen LogP contribution in [-0.2, 0) is 12.8 Å². The average Bonchev–Trinajstić information content (AvgIpc) is 3.15. The van der Waals surface area contributed by atoms with Gasteiger partial charge in [-0.2, -0.15) is 5.10 Å². The molecule has 0 amide bonds. The lowest BCUT2D eigenvalue weighted by atomic mass is 10.1. The zero-order valence-electron chi connectivity index (χ0n) is 14.1. The van der Waals surface area contributed by atoms with Crippen LogP contribution >= 0.6 is 0 Å². The molecule has 4 heteroatoms. The number of methoxy groups -OCH3 is 1. The third kappa shape index (κ3) is 4.75. The Bertz CT molecular complexity index is 650. The maximum absolute atomic E-state index is 5.83. The molecule has 1 aliphatic rings. The summed E-state index contributed by atoms with van der Waals surface area (Å²) in [4.78, 5) is 0. The lowest BCUT2D eigenvalue weighted by Crippen LogP contribution is -2.17. The summed E-state index contributed by atoms with van der Waals surface area (Å²) < 4.78 is 11.0. The van der Waals surface area contributed by atoms with Crippen molar-refractivity contribution < 1.29 is 9.47 Å². The molecule has 0 aliphatic carbocycles. The zero-order valence-corrected chi connectivity index (χ0v) is 14.1. The molecule has 0 spiro atoms. The second kappa shape index (κ2) is 8.39. The van der Waals surface area contributed by atoms with Crippen molar-refractivity contribution in [1.29, 1.82) is 0 Å². The Balaban J connectivity index is 1.41. The molecule has 1 aliphatic heterocycles. The van der Waals surface area contributed by atoms with Gasteiger partial charge in [0.1, 0.15) is 11.5 Å². The Kier molecular flexibility index (Phi) is 5.72. The number of hydrogen-bond acceptors (Lipinski definition) is 4. The molecular weight excluding hydrogens is 300 g/mol. The van der Waals surface area contributed by atoms with E-state index in [1.165, 1.54) is 11.1 Å². The van der Waals surface area contributed by atoms with E-state index < -0.39 is 0 Å². The minimum absolute atomic E-state index is 0.675. The van der Waals surface area contributed by atoms with Gasteiger partial charge >= 0.3 is 0 Å². The molecule has 126 valence electrons. The van der Waals surface area contributed by atoms with Crippen molar-refractivity contribution in [3.8, 4) is 11.5 Å². The third-order valence-electron chi connectivity index (χ3n) is 4.16. The summed E-state index contributed by atoms with van der Waals surface area (Å²) in [5, 5.41) is 6.45. The van der Waals surface area contributed by atoms with E-state index in [2.05, 4.69) is 46.5 Å². The third-order valence-corrected chi connectivity index (χ3v) is 4.16. The first-order valence-electron chi connectivity index (χ1n) is 8.45. The fourth-order valence-corrected chi connectivity index (χ4v) is 2.70. The predicted octanol–water partition coefficient (Wildman–Crippen LogP) is 3.55. The van der Waals surface area contributed by atoms with Gasteiger partial charge in [0.25, 0.3) is 0 Å². The van der Waals surface area contributed by atoms with Gasteiger partial charge in [0.05, 0.1) is 13.7 Å². The number of hydrazone groups is 1. The molecule has 0 unspecified atom stereocenters. The second-order valence-corrected chi connectivity index (χ2v) is 5.88. The maximum Gasteiger partial charge on any atom is 0.119 e. The molecule has 2 aromatic rings. The second-order valence-electron chi connectivity index (χ2n) is 5.88. The molecule has 0 atom stereocenters. The fourth-order valence-electron chi connectivity index (χ4n) is 2.70. The SMILES string of the molecule is COc1ccc(CCOc2ccc(CCN3CCC=N3)cc2)cc1. The predicted molar refractivity (Wildman–Crippen MR) is 97.0 cm³/mol. The van der Waals surface area contributed by atoms with Crippen LogP contribution in [0.25, 0.3) is 0 Å². The average molecular weight is 324 g/mol. The molecule has 3 rings (SSSR count). The van der Waals surface area contributed by atoms with Crippen molar-refractivity contribution in [3.05, 3.63) is 59.7 Å². The van der Waals surface area contributed by atoms with Gasteiger partial charge in [-0.15, -0.1) is 0 Å². The van der Waals surface area contributed by atoms with Crippen LogP contribution in [0.1, 0.15) is 17.5 Å². The molecule has 0 saturated heterocycles. The fraction of sp³-hybridized carbons (Fsp3) is 0.350. The highest BCUT2D eigenvalue weighted by atomic mass is 16.5. The highest BCUT2D eigenvalue weighted by Crippen LogP contribution is 2.15. The molecule has 0 aromatic heterocycles. The van der Waals surface area contributed by atoms with Crippen molar-refractivity contribution in [2.24, 2.45) is 5.10 Å². The maximum atomic E-state index is 5.83. The van der Waals surface area contributed by atoms with Crippen molar-refractivity contribution in [3.63, 3.8) is 0 Å². The molecule has 0 saturated carbocycles. The van der Waals surface area contributed by atoms with Gasteiger partial charge < -0.3 is 9.47 Å². The first-order valence-corrected chi connectivity index (χ1v) is 8.45.